The van der Waals surface area contributed by atoms with Crippen molar-refractivity contribution in [3.63, 3.8) is 0 Å². The lowest BCUT2D eigenvalue weighted by molar-refractivity contribution is -0.129. The van der Waals surface area contributed by atoms with Crippen LogP contribution < -0.4 is 5.32 Å². The third kappa shape index (κ3) is 5.56. The highest BCUT2D eigenvalue weighted by atomic mass is 16.6. The van der Waals surface area contributed by atoms with Gasteiger partial charge in [0.05, 0.1) is 0 Å². The number of hydrogen-bond donors (Lipinski definition) is 1. The molecule has 9 atom stereocenters. The molecule has 4 fully saturated rings. The standard InChI is InChI=1S/C38H55NO2/c1-25(2)9-8-10-26(3)33-17-18-34-32-16-14-29-24-31(19-21-37(29,4)35(32)20-22-38(33,34)5)41-36(40)39-30-15-13-27-11-6-7-12-28(27)23-30/h6-7,11-13,15,23,25-26,29,31-35H,8-10,14,16-22,24H2,1-5H3,(H,39,40)/t26-,29+,31+,32?,33-,34?,35?,37+,38-/m1/s1. The average molecular weight is 558 g/mol. The Morgan fingerprint density at radius 3 is 2.44 bits per heavy atom. The van der Waals surface area contributed by atoms with E-state index in [9.17, 15) is 4.79 Å². The molecule has 2 aromatic rings. The maximum atomic E-state index is 12.9. The van der Waals surface area contributed by atoms with Crippen LogP contribution in [-0.4, -0.2) is 12.2 Å². The number of amides is 1. The zero-order valence-electron chi connectivity index (χ0n) is 26.5. The Bertz CT molecular complexity index is 1220. The molecule has 1 N–H and O–H groups in total. The van der Waals surface area contributed by atoms with Gasteiger partial charge in [-0.2, -0.15) is 0 Å². The van der Waals surface area contributed by atoms with Crippen molar-refractivity contribution in [1.29, 1.82) is 0 Å². The Labute approximate surface area is 249 Å². The molecule has 0 radical (unpaired) electrons. The highest BCUT2D eigenvalue weighted by Crippen LogP contribution is 2.68. The van der Waals surface area contributed by atoms with Crippen molar-refractivity contribution in [2.75, 3.05) is 5.32 Å². The number of carbonyl (C=O) groups is 1. The van der Waals surface area contributed by atoms with Crippen LogP contribution in [0.2, 0.25) is 0 Å². The SMILES string of the molecule is CC(C)CCC[C@@H](C)[C@H]1CCC2C3CC[C@H]4C[C@@H](OC(=O)Nc5ccc6ccccc6c5)CC[C@]4(C)C3CC[C@@]21C. The van der Waals surface area contributed by atoms with Crippen molar-refractivity contribution in [2.24, 2.45) is 52.3 Å². The van der Waals surface area contributed by atoms with Crippen LogP contribution in [0.15, 0.2) is 42.5 Å². The molecule has 3 unspecified atom stereocenters. The van der Waals surface area contributed by atoms with E-state index in [2.05, 4.69) is 58.1 Å². The van der Waals surface area contributed by atoms with Gasteiger partial charge in [0.1, 0.15) is 6.10 Å². The number of fused-ring (bicyclic) bond motifs is 6. The molecule has 0 heterocycles. The van der Waals surface area contributed by atoms with Gasteiger partial charge in [0, 0.05) is 5.69 Å². The highest BCUT2D eigenvalue weighted by Gasteiger charge is 2.60. The summed E-state index contributed by atoms with van der Waals surface area (Å²) in [6.45, 7) is 12.7. The Kier molecular flexibility index (Phi) is 8.20. The molecule has 4 aliphatic rings. The van der Waals surface area contributed by atoms with Gasteiger partial charge >= 0.3 is 6.09 Å². The van der Waals surface area contributed by atoms with E-state index < -0.39 is 0 Å². The predicted octanol–water partition coefficient (Wildman–Crippen LogP) is 10.9. The zero-order chi connectivity index (χ0) is 28.8. The van der Waals surface area contributed by atoms with Gasteiger partial charge in [-0.1, -0.05) is 84.2 Å². The molecule has 41 heavy (non-hydrogen) atoms. The number of rotatable bonds is 7. The molecule has 0 aromatic heterocycles. The second kappa shape index (κ2) is 11.6. The number of hydrogen-bond acceptors (Lipinski definition) is 2. The second-order valence-electron chi connectivity index (χ2n) is 15.7. The van der Waals surface area contributed by atoms with E-state index in [4.69, 9.17) is 4.74 Å². The van der Waals surface area contributed by atoms with Crippen LogP contribution in [0.25, 0.3) is 10.8 Å². The van der Waals surface area contributed by atoms with E-state index in [1.807, 2.05) is 24.3 Å². The molecule has 224 valence electrons. The van der Waals surface area contributed by atoms with Crippen LogP contribution in [0.3, 0.4) is 0 Å². The summed E-state index contributed by atoms with van der Waals surface area (Å²) in [6.07, 6.45) is 15.8. The van der Waals surface area contributed by atoms with Gasteiger partial charge in [-0.25, -0.2) is 4.79 Å². The Morgan fingerprint density at radius 2 is 1.63 bits per heavy atom. The summed E-state index contributed by atoms with van der Waals surface area (Å²) in [6, 6.07) is 14.3. The first-order chi connectivity index (χ1) is 19.7. The molecule has 0 bridgehead atoms. The summed E-state index contributed by atoms with van der Waals surface area (Å²) in [5.74, 6) is 6.03. The van der Waals surface area contributed by atoms with Crippen molar-refractivity contribution >= 4 is 22.6 Å². The number of carbonyl (C=O) groups excluding carboxylic acids is 1. The van der Waals surface area contributed by atoms with Gasteiger partial charge in [0.15, 0.2) is 0 Å². The van der Waals surface area contributed by atoms with Crippen LogP contribution in [-0.2, 0) is 4.74 Å². The molecule has 4 aliphatic carbocycles. The fourth-order valence-electron chi connectivity index (χ4n) is 10.9. The lowest BCUT2D eigenvalue weighted by atomic mass is 9.44. The first-order valence-electron chi connectivity index (χ1n) is 17.1. The summed E-state index contributed by atoms with van der Waals surface area (Å²) in [4.78, 5) is 12.9. The van der Waals surface area contributed by atoms with E-state index in [0.29, 0.717) is 16.7 Å². The van der Waals surface area contributed by atoms with Gasteiger partial charge in [-0.3, -0.25) is 5.32 Å². The zero-order valence-corrected chi connectivity index (χ0v) is 26.5. The van der Waals surface area contributed by atoms with E-state index >= 15 is 0 Å². The average Bonchev–Trinajstić information content (AvgIpc) is 3.30. The van der Waals surface area contributed by atoms with Crippen LogP contribution in [0.1, 0.15) is 112 Å². The summed E-state index contributed by atoms with van der Waals surface area (Å²) in [5, 5.41) is 5.32. The monoisotopic (exact) mass is 557 g/mol. The van der Waals surface area contributed by atoms with Gasteiger partial charge < -0.3 is 4.74 Å². The third-order valence-corrected chi connectivity index (χ3v) is 13.1. The fraction of sp³-hybridized carbons (Fsp3) is 0.711. The highest BCUT2D eigenvalue weighted by molar-refractivity contribution is 5.91. The molecule has 3 nitrogen and oxygen atoms in total. The Morgan fingerprint density at radius 1 is 0.878 bits per heavy atom. The summed E-state index contributed by atoms with van der Waals surface area (Å²) in [7, 11) is 0. The summed E-state index contributed by atoms with van der Waals surface area (Å²) < 4.78 is 6.06. The molecule has 3 heteroatoms. The number of anilines is 1. The van der Waals surface area contributed by atoms with Crippen molar-refractivity contribution in [1.82, 2.24) is 0 Å². The number of benzene rings is 2. The van der Waals surface area contributed by atoms with Gasteiger partial charge in [0.25, 0.3) is 0 Å². The van der Waals surface area contributed by atoms with Crippen LogP contribution in [0, 0.1) is 52.3 Å². The second-order valence-corrected chi connectivity index (χ2v) is 15.7. The molecule has 4 saturated carbocycles. The molecular weight excluding hydrogens is 502 g/mol. The minimum atomic E-state index is -0.296. The van der Waals surface area contributed by atoms with Crippen molar-refractivity contribution in [2.45, 2.75) is 118 Å². The quantitative estimate of drug-likeness (QED) is 0.368. The molecule has 0 saturated heterocycles. The van der Waals surface area contributed by atoms with E-state index in [-0.39, 0.29) is 12.2 Å². The maximum Gasteiger partial charge on any atom is 0.411 e. The number of nitrogens with one attached hydrogen (secondary N) is 1. The van der Waals surface area contributed by atoms with Gasteiger partial charge in [-0.15, -0.1) is 0 Å². The van der Waals surface area contributed by atoms with E-state index in [0.717, 1.165) is 59.4 Å². The van der Waals surface area contributed by atoms with Gasteiger partial charge in [-0.05, 0) is 133 Å². The lowest BCUT2D eigenvalue weighted by Crippen LogP contribution is -2.54. The molecule has 0 spiro atoms. The molecule has 6 rings (SSSR count). The van der Waals surface area contributed by atoms with Crippen LogP contribution in [0.4, 0.5) is 10.5 Å². The first kappa shape index (κ1) is 29.1. The van der Waals surface area contributed by atoms with Crippen molar-refractivity contribution in [3.8, 4) is 0 Å². The number of ether oxygens (including phenoxy) is 1. The van der Waals surface area contributed by atoms with Crippen molar-refractivity contribution < 1.29 is 9.53 Å². The topological polar surface area (TPSA) is 38.3 Å². The molecule has 0 aliphatic heterocycles. The maximum absolute atomic E-state index is 12.9. The third-order valence-electron chi connectivity index (χ3n) is 13.1. The molecule has 2 aromatic carbocycles. The lowest BCUT2D eigenvalue weighted by Gasteiger charge is -2.61. The fourth-order valence-corrected chi connectivity index (χ4v) is 10.9. The Balaban J connectivity index is 1.06. The predicted molar refractivity (Wildman–Crippen MR) is 171 cm³/mol. The summed E-state index contributed by atoms with van der Waals surface area (Å²) >= 11 is 0. The summed E-state index contributed by atoms with van der Waals surface area (Å²) in [5.41, 5.74) is 1.78. The van der Waals surface area contributed by atoms with Crippen LogP contribution >= 0.6 is 0 Å². The van der Waals surface area contributed by atoms with Crippen molar-refractivity contribution in [3.05, 3.63) is 42.5 Å². The van der Waals surface area contributed by atoms with Crippen LogP contribution in [0.5, 0.6) is 0 Å². The van der Waals surface area contributed by atoms with E-state index in [1.54, 1.807) is 0 Å². The minimum absolute atomic E-state index is 0.0430. The minimum Gasteiger partial charge on any atom is -0.446 e. The Hall–Kier alpha value is -2.03. The largest absolute Gasteiger partial charge is 0.446 e. The van der Waals surface area contributed by atoms with E-state index in [1.165, 1.54) is 69.6 Å². The smallest absolute Gasteiger partial charge is 0.411 e. The normalized spacial score (nSPS) is 37.2. The molecular formula is C38H55NO2. The molecule has 1 amide bonds. The van der Waals surface area contributed by atoms with Gasteiger partial charge in [0.2, 0.25) is 0 Å². The first-order valence-corrected chi connectivity index (χ1v) is 17.1.